The number of amides is 4. The van der Waals surface area contributed by atoms with Gasteiger partial charge in [0.15, 0.2) is 0 Å². The number of halogens is 6. The molecule has 0 radical (unpaired) electrons. The predicted molar refractivity (Wildman–Crippen MR) is 134 cm³/mol. The molecule has 6 nitrogen and oxygen atoms in total. The number of benzene rings is 3. The molecule has 2 aliphatic rings. The van der Waals surface area contributed by atoms with Crippen molar-refractivity contribution < 1.29 is 45.5 Å². The zero-order valence-corrected chi connectivity index (χ0v) is 21.9. The topological polar surface area (TPSA) is 83.6 Å². The Morgan fingerprint density at radius 2 is 1.02 bits per heavy atom. The number of hydrogen-bond acceptors (Lipinski definition) is 4. The zero-order chi connectivity index (χ0) is 30.4. The minimum atomic E-state index is -6.03. The molecule has 3 aromatic carbocycles. The number of imide groups is 2. The van der Waals surface area contributed by atoms with Crippen LogP contribution in [0.4, 0.5) is 32.0 Å². The molecule has 0 atom stereocenters. The molecule has 0 saturated carbocycles. The highest BCUT2D eigenvalue weighted by molar-refractivity contribution is 6.35. The van der Waals surface area contributed by atoms with Crippen molar-refractivity contribution in [1.29, 1.82) is 0 Å². The van der Waals surface area contributed by atoms with Gasteiger partial charge in [-0.25, -0.2) is 4.90 Å². The van der Waals surface area contributed by atoms with E-state index >= 15 is 0 Å². The van der Waals surface area contributed by atoms with E-state index in [9.17, 15) is 45.5 Å². The molecule has 0 aromatic heterocycles. The van der Waals surface area contributed by atoms with E-state index in [0.29, 0.717) is 41.5 Å². The third-order valence-corrected chi connectivity index (χ3v) is 7.89. The molecule has 0 spiro atoms. The lowest BCUT2D eigenvalue weighted by Crippen LogP contribution is -2.55. The van der Waals surface area contributed by atoms with Crippen LogP contribution in [0.2, 0.25) is 0 Å². The second-order valence-corrected chi connectivity index (χ2v) is 10.1. The van der Waals surface area contributed by atoms with E-state index in [4.69, 9.17) is 0 Å². The zero-order valence-electron chi connectivity index (χ0n) is 21.9. The smallest absolute Gasteiger partial charge is 0.288 e. The highest BCUT2D eigenvalue weighted by atomic mass is 19.4. The summed E-state index contributed by atoms with van der Waals surface area (Å²) in [6.07, 6.45) is -12.1. The van der Waals surface area contributed by atoms with Crippen molar-refractivity contribution in [1.82, 2.24) is 5.32 Å². The number of aryl methyl sites for hydroxylation is 2. The Balaban J connectivity index is 1.76. The third kappa shape index (κ3) is 3.72. The lowest BCUT2D eigenvalue weighted by molar-refractivity contribution is -0.288. The first-order chi connectivity index (χ1) is 18.9. The fourth-order valence-electron chi connectivity index (χ4n) is 5.59. The Morgan fingerprint density at radius 3 is 1.54 bits per heavy atom. The van der Waals surface area contributed by atoms with E-state index in [-0.39, 0.29) is 16.8 Å². The fourth-order valence-corrected chi connectivity index (χ4v) is 5.59. The monoisotopic (exact) mass is 574 g/mol. The number of anilines is 1. The van der Waals surface area contributed by atoms with Crippen LogP contribution in [0, 0.1) is 27.7 Å². The van der Waals surface area contributed by atoms with Gasteiger partial charge in [0.05, 0.1) is 27.9 Å². The number of rotatable bonds is 3. The van der Waals surface area contributed by atoms with Crippen molar-refractivity contribution in [2.45, 2.75) is 45.5 Å². The summed E-state index contributed by atoms with van der Waals surface area (Å²) in [6.45, 7) is 6.79. The number of hydrogen-bond donors (Lipinski definition) is 1. The first kappa shape index (κ1) is 28.1. The van der Waals surface area contributed by atoms with Crippen LogP contribution in [0.3, 0.4) is 0 Å². The number of nitrogens with zero attached hydrogens (tertiary/aromatic N) is 1. The van der Waals surface area contributed by atoms with Crippen LogP contribution in [0.15, 0.2) is 42.5 Å². The molecule has 5 rings (SSSR count). The lowest BCUT2D eigenvalue weighted by atomic mass is 9.71. The van der Waals surface area contributed by atoms with Gasteiger partial charge >= 0.3 is 12.4 Å². The average Bonchev–Trinajstić information content (AvgIpc) is 3.28. The van der Waals surface area contributed by atoms with E-state index in [2.05, 4.69) is 0 Å². The standard InChI is InChI=1S/C29H20F6N2O4/c1-12-9-13(2)15(4)22(14(12)3)37-25(40)19-8-6-17(11-21(19)26(37)41)27(28(30,31)32,29(33,34)35)16-5-7-18-20(10-16)24(39)36-23(18)38/h5-11H,1-4H3,(H,36,38,39). The van der Waals surface area contributed by atoms with Crippen molar-refractivity contribution in [3.63, 3.8) is 0 Å². The fraction of sp³-hybridized carbons (Fsp3) is 0.241. The molecule has 0 saturated heterocycles. The molecule has 2 aliphatic heterocycles. The Hall–Kier alpha value is -4.48. The van der Waals surface area contributed by atoms with E-state index in [1.807, 2.05) is 11.4 Å². The van der Waals surface area contributed by atoms with Gasteiger partial charge in [0.1, 0.15) is 0 Å². The molecule has 1 N–H and O–H groups in total. The highest BCUT2D eigenvalue weighted by Crippen LogP contribution is 2.57. The van der Waals surface area contributed by atoms with Crippen LogP contribution in [0.1, 0.15) is 74.8 Å². The van der Waals surface area contributed by atoms with E-state index in [1.165, 1.54) is 0 Å². The SMILES string of the molecule is Cc1cc(C)c(C)c(N2C(=O)c3ccc(C(c4ccc5c(c4)C(=O)NC5=O)(C(F)(F)F)C(F)(F)F)cc3C2=O)c1C. The van der Waals surface area contributed by atoms with Crippen LogP contribution in [-0.2, 0) is 5.41 Å². The minimum absolute atomic E-state index is 0.211. The number of alkyl halides is 6. The molecule has 0 unspecified atom stereocenters. The van der Waals surface area contributed by atoms with Crippen molar-refractivity contribution in [2.75, 3.05) is 4.90 Å². The first-order valence-electron chi connectivity index (χ1n) is 12.2. The quantitative estimate of drug-likeness (QED) is 0.307. The van der Waals surface area contributed by atoms with Crippen molar-refractivity contribution in [3.05, 3.63) is 98.1 Å². The third-order valence-electron chi connectivity index (χ3n) is 7.89. The van der Waals surface area contributed by atoms with Gasteiger partial charge in [0.25, 0.3) is 23.6 Å². The van der Waals surface area contributed by atoms with Gasteiger partial charge < -0.3 is 0 Å². The molecule has 3 aromatic rings. The summed E-state index contributed by atoms with van der Waals surface area (Å²) in [5.74, 6) is -4.06. The van der Waals surface area contributed by atoms with Crippen LogP contribution in [-0.4, -0.2) is 36.0 Å². The predicted octanol–water partition coefficient (Wildman–Crippen LogP) is 6.02. The van der Waals surface area contributed by atoms with Crippen molar-refractivity contribution in [3.8, 4) is 0 Å². The first-order valence-corrected chi connectivity index (χ1v) is 12.2. The summed E-state index contributed by atoms with van der Waals surface area (Å²) in [6, 6.07) is 5.12. The molecule has 4 amide bonds. The Bertz CT molecular complexity index is 1680. The highest BCUT2D eigenvalue weighted by Gasteiger charge is 2.73. The summed E-state index contributed by atoms with van der Waals surface area (Å²) in [7, 11) is 0. The van der Waals surface area contributed by atoms with Gasteiger partial charge in [0.2, 0.25) is 5.41 Å². The summed E-state index contributed by atoms with van der Waals surface area (Å²) >= 11 is 0. The van der Waals surface area contributed by atoms with Crippen LogP contribution in [0.25, 0.3) is 0 Å². The van der Waals surface area contributed by atoms with E-state index in [0.717, 1.165) is 22.1 Å². The van der Waals surface area contributed by atoms with Gasteiger partial charge in [-0.1, -0.05) is 18.2 Å². The molecule has 0 fully saturated rings. The molecular formula is C29H20F6N2O4. The number of carbonyl (C=O) groups is 4. The summed E-state index contributed by atoms with van der Waals surface area (Å²) in [5, 5.41) is 1.83. The summed E-state index contributed by atoms with van der Waals surface area (Å²) < 4.78 is 88.7. The van der Waals surface area contributed by atoms with Gasteiger partial charge in [-0.2, -0.15) is 26.3 Å². The molecule has 41 heavy (non-hydrogen) atoms. The molecule has 0 bridgehead atoms. The molecule has 12 heteroatoms. The maximum Gasteiger partial charge on any atom is 0.411 e. The van der Waals surface area contributed by atoms with Crippen LogP contribution >= 0.6 is 0 Å². The normalized spacial score (nSPS) is 15.4. The van der Waals surface area contributed by atoms with Gasteiger partial charge in [-0.15, -0.1) is 0 Å². The van der Waals surface area contributed by atoms with Crippen LogP contribution < -0.4 is 10.2 Å². The average molecular weight is 574 g/mol. The van der Waals surface area contributed by atoms with Crippen molar-refractivity contribution >= 4 is 29.3 Å². The molecule has 0 aliphatic carbocycles. The van der Waals surface area contributed by atoms with Crippen LogP contribution in [0.5, 0.6) is 0 Å². The number of carbonyl (C=O) groups excluding carboxylic acids is 4. The Labute approximate surface area is 228 Å². The molecular weight excluding hydrogens is 554 g/mol. The number of fused-ring (bicyclic) bond motifs is 2. The Morgan fingerprint density at radius 1 is 0.585 bits per heavy atom. The summed E-state index contributed by atoms with van der Waals surface area (Å²) in [5.41, 5.74) is -6.70. The largest absolute Gasteiger partial charge is 0.411 e. The van der Waals surface area contributed by atoms with Gasteiger partial charge in [0, 0.05) is 0 Å². The molecule has 2 heterocycles. The van der Waals surface area contributed by atoms with E-state index < -0.39 is 63.7 Å². The van der Waals surface area contributed by atoms with E-state index in [1.54, 1.807) is 27.7 Å². The van der Waals surface area contributed by atoms with Crippen molar-refractivity contribution in [2.24, 2.45) is 0 Å². The summed E-state index contributed by atoms with van der Waals surface area (Å²) in [4.78, 5) is 51.6. The van der Waals surface area contributed by atoms with Gasteiger partial charge in [-0.05, 0) is 85.3 Å². The van der Waals surface area contributed by atoms with Gasteiger partial charge in [-0.3, -0.25) is 24.5 Å². The lowest BCUT2D eigenvalue weighted by Gasteiger charge is -2.38. The second kappa shape index (κ2) is 8.76. The molecule has 212 valence electrons. The Kier molecular flexibility index (Phi) is 5.99. The number of nitrogens with one attached hydrogen (secondary N) is 1. The maximum absolute atomic E-state index is 14.8. The maximum atomic E-state index is 14.8. The second-order valence-electron chi connectivity index (χ2n) is 10.1. The minimum Gasteiger partial charge on any atom is -0.288 e.